The monoisotopic (exact) mass is 167 g/mol. The Morgan fingerprint density at radius 3 is 2.42 bits per heavy atom. The van der Waals surface area contributed by atoms with Crippen molar-refractivity contribution in [1.29, 1.82) is 0 Å². The maximum absolute atomic E-state index is 3.82. The van der Waals surface area contributed by atoms with Gasteiger partial charge >= 0.3 is 0 Å². The molecule has 0 aliphatic carbocycles. The zero-order valence-electron chi connectivity index (χ0n) is 8.72. The highest BCUT2D eigenvalue weighted by molar-refractivity contribution is 5.11. The molecule has 0 amide bonds. The van der Waals surface area contributed by atoms with Crippen molar-refractivity contribution in [3.63, 3.8) is 0 Å². The molecule has 0 saturated carbocycles. The van der Waals surface area contributed by atoms with Crippen LogP contribution in [0.3, 0.4) is 0 Å². The first-order valence-corrected chi connectivity index (χ1v) is 4.61. The van der Waals surface area contributed by atoms with E-state index in [1.165, 1.54) is 0 Å². The molecule has 0 aliphatic heterocycles. The van der Waals surface area contributed by atoms with Crippen LogP contribution in [-0.4, -0.2) is 7.05 Å². The average molecular weight is 167 g/mol. The van der Waals surface area contributed by atoms with Crippen LogP contribution in [0.5, 0.6) is 0 Å². The van der Waals surface area contributed by atoms with Gasteiger partial charge in [0.25, 0.3) is 0 Å². The normalized spacial score (nSPS) is 13.8. The van der Waals surface area contributed by atoms with Gasteiger partial charge in [-0.3, -0.25) is 0 Å². The molecule has 0 radical (unpaired) electrons. The molecule has 0 saturated heterocycles. The summed E-state index contributed by atoms with van der Waals surface area (Å²) >= 11 is 0. The molecule has 12 heavy (non-hydrogen) atoms. The van der Waals surface area contributed by atoms with Crippen molar-refractivity contribution < 1.29 is 0 Å². The predicted molar refractivity (Wildman–Crippen MR) is 56.0 cm³/mol. The molecule has 1 heteroatoms. The molecule has 0 aliphatic rings. The van der Waals surface area contributed by atoms with E-state index in [1.54, 1.807) is 0 Å². The zero-order valence-corrected chi connectivity index (χ0v) is 8.72. The van der Waals surface area contributed by atoms with Gasteiger partial charge in [0.05, 0.1) is 0 Å². The van der Waals surface area contributed by atoms with Crippen LogP contribution in [0.2, 0.25) is 0 Å². The van der Waals surface area contributed by atoms with Crippen molar-refractivity contribution in [2.75, 3.05) is 7.05 Å². The Morgan fingerprint density at radius 2 is 2.00 bits per heavy atom. The first kappa shape index (κ1) is 11.3. The summed E-state index contributed by atoms with van der Waals surface area (Å²) in [5.41, 5.74) is 0.978. The molecule has 0 heterocycles. The smallest absolute Gasteiger partial charge is 0.0261 e. The van der Waals surface area contributed by atoms with Crippen LogP contribution in [-0.2, 0) is 0 Å². The quantitative estimate of drug-likeness (QED) is 0.621. The van der Waals surface area contributed by atoms with Gasteiger partial charge in [0, 0.05) is 12.7 Å². The molecule has 1 nitrogen and oxygen atoms in total. The number of likely N-dealkylation sites (N-methyl/N-ethyl adjacent to an activating group) is 1. The van der Waals surface area contributed by atoms with Gasteiger partial charge in [-0.15, -0.1) is 0 Å². The van der Waals surface area contributed by atoms with Gasteiger partial charge in [0.1, 0.15) is 0 Å². The summed E-state index contributed by atoms with van der Waals surface area (Å²) in [7, 11) is 1.89. The van der Waals surface area contributed by atoms with Gasteiger partial charge in [-0.2, -0.15) is 0 Å². The van der Waals surface area contributed by atoms with E-state index in [-0.39, 0.29) is 0 Å². The SMILES string of the molecule is C=C(/C=C\CC(C)C(C)C)NC. The van der Waals surface area contributed by atoms with Crippen molar-refractivity contribution in [2.24, 2.45) is 11.8 Å². The topological polar surface area (TPSA) is 12.0 Å². The minimum Gasteiger partial charge on any atom is -0.389 e. The van der Waals surface area contributed by atoms with Crippen LogP contribution in [0, 0.1) is 11.8 Å². The minimum absolute atomic E-state index is 0.755. The van der Waals surface area contributed by atoms with Crippen LogP contribution >= 0.6 is 0 Å². The maximum Gasteiger partial charge on any atom is 0.0261 e. The third-order valence-corrected chi connectivity index (χ3v) is 2.29. The lowest BCUT2D eigenvalue weighted by atomic mass is 9.94. The van der Waals surface area contributed by atoms with Crippen LogP contribution in [0.4, 0.5) is 0 Å². The minimum atomic E-state index is 0.755. The highest BCUT2D eigenvalue weighted by Gasteiger charge is 2.03. The Hall–Kier alpha value is -0.720. The molecule has 70 valence electrons. The molecule has 0 bridgehead atoms. The molecule has 0 aromatic rings. The lowest BCUT2D eigenvalue weighted by Crippen LogP contribution is -2.03. The molecule has 0 aromatic carbocycles. The number of rotatable bonds is 5. The largest absolute Gasteiger partial charge is 0.389 e. The van der Waals surface area contributed by atoms with Crippen molar-refractivity contribution in [1.82, 2.24) is 5.32 Å². The van der Waals surface area contributed by atoms with Crippen molar-refractivity contribution in [3.05, 3.63) is 24.4 Å². The number of hydrogen-bond donors (Lipinski definition) is 1. The summed E-state index contributed by atoms with van der Waals surface area (Å²) in [6, 6.07) is 0. The highest BCUT2D eigenvalue weighted by Crippen LogP contribution is 2.14. The van der Waals surface area contributed by atoms with Gasteiger partial charge in [0.15, 0.2) is 0 Å². The van der Waals surface area contributed by atoms with Gasteiger partial charge in [-0.1, -0.05) is 33.4 Å². The molecule has 0 spiro atoms. The maximum atomic E-state index is 3.82. The van der Waals surface area contributed by atoms with E-state index in [4.69, 9.17) is 0 Å². The Bertz CT molecular complexity index is 156. The molecular formula is C11H21N. The number of hydrogen-bond acceptors (Lipinski definition) is 1. The third kappa shape index (κ3) is 5.00. The van der Waals surface area contributed by atoms with E-state index in [1.807, 2.05) is 13.1 Å². The molecule has 0 fully saturated rings. The van der Waals surface area contributed by atoms with E-state index in [0.717, 1.165) is 24.0 Å². The van der Waals surface area contributed by atoms with E-state index in [9.17, 15) is 0 Å². The second-order valence-electron chi connectivity index (χ2n) is 3.63. The van der Waals surface area contributed by atoms with Crippen LogP contribution in [0.15, 0.2) is 24.4 Å². The summed E-state index contributed by atoms with van der Waals surface area (Å²) in [5, 5.41) is 2.99. The van der Waals surface area contributed by atoms with E-state index < -0.39 is 0 Å². The second-order valence-corrected chi connectivity index (χ2v) is 3.63. The van der Waals surface area contributed by atoms with E-state index in [2.05, 4.69) is 38.7 Å². The lowest BCUT2D eigenvalue weighted by Gasteiger charge is -2.12. The summed E-state index contributed by atoms with van der Waals surface area (Å²) in [6.45, 7) is 10.6. The Kier molecular flexibility index (Phi) is 5.52. The average Bonchev–Trinajstić information content (AvgIpc) is 2.03. The number of allylic oxidation sites excluding steroid dienone is 2. The van der Waals surface area contributed by atoms with Gasteiger partial charge < -0.3 is 5.32 Å². The first-order chi connectivity index (χ1) is 5.57. The molecular weight excluding hydrogens is 146 g/mol. The summed E-state index contributed by atoms with van der Waals surface area (Å²) in [5.74, 6) is 1.52. The standard InChI is InChI=1S/C11H21N/c1-9(2)10(3)7-6-8-11(4)12-5/h6,8-10,12H,4,7H2,1-3,5H3/b8-6-. The molecule has 1 unspecified atom stereocenters. The van der Waals surface area contributed by atoms with Crippen LogP contribution < -0.4 is 5.32 Å². The highest BCUT2D eigenvalue weighted by atomic mass is 14.8. The van der Waals surface area contributed by atoms with Gasteiger partial charge in [-0.25, -0.2) is 0 Å². The molecule has 1 N–H and O–H groups in total. The van der Waals surface area contributed by atoms with Crippen molar-refractivity contribution in [2.45, 2.75) is 27.2 Å². The van der Waals surface area contributed by atoms with Gasteiger partial charge in [-0.05, 0) is 24.3 Å². The van der Waals surface area contributed by atoms with Gasteiger partial charge in [0.2, 0.25) is 0 Å². The summed E-state index contributed by atoms with van der Waals surface area (Å²) in [6.07, 6.45) is 5.36. The zero-order chi connectivity index (χ0) is 9.56. The fourth-order valence-electron chi connectivity index (χ4n) is 0.780. The number of nitrogens with one attached hydrogen (secondary N) is 1. The van der Waals surface area contributed by atoms with Crippen molar-refractivity contribution >= 4 is 0 Å². The Morgan fingerprint density at radius 1 is 1.42 bits per heavy atom. The Balaban J connectivity index is 3.67. The van der Waals surface area contributed by atoms with E-state index in [0.29, 0.717) is 0 Å². The van der Waals surface area contributed by atoms with Crippen LogP contribution in [0.25, 0.3) is 0 Å². The first-order valence-electron chi connectivity index (χ1n) is 4.61. The summed E-state index contributed by atoms with van der Waals surface area (Å²) < 4.78 is 0. The van der Waals surface area contributed by atoms with E-state index >= 15 is 0 Å². The summed E-state index contributed by atoms with van der Waals surface area (Å²) in [4.78, 5) is 0. The fourth-order valence-corrected chi connectivity index (χ4v) is 0.780. The van der Waals surface area contributed by atoms with Crippen molar-refractivity contribution in [3.8, 4) is 0 Å². The molecule has 1 atom stereocenters. The molecule has 0 rings (SSSR count). The molecule has 0 aromatic heterocycles. The third-order valence-electron chi connectivity index (χ3n) is 2.29. The fraction of sp³-hybridized carbons (Fsp3) is 0.636. The predicted octanol–water partition coefficient (Wildman–Crippen LogP) is 2.96. The Labute approximate surface area is 76.6 Å². The lowest BCUT2D eigenvalue weighted by molar-refractivity contribution is 0.424. The van der Waals surface area contributed by atoms with Crippen LogP contribution in [0.1, 0.15) is 27.2 Å². The second kappa shape index (κ2) is 5.87.